The highest BCUT2D eigenvalue weighted by Crippen LogP contribution is 2.24. The molecule has 1 amide bonds. The molecule has 0 aromatic heterocycles. The largest absolute Gasteiger partial charge is 0.497 e. The van der Waals surface area contributed by atoms with Gasteiger partial charge in [-0.3, -0.25) is 4.79 Å². The Labute approximate surface area is 127 Å². The lowest BCUT2D eigenvalue weighted by Crippen LogP contribution is -2.36. The smallest absolute Gasteiger partial charge is 0.255 e. The zero-order valence-corrected chi connectivity index (χ0v) is 13.4. The lowest BCUT2D eigenvalue weighted by Gasteiger charge is -2.22. The fraction of sp³-hybridized carbons (Fsp3) is 0.417. The maximum atomic E-state index is 12.5. The average molecular weight is 401 g/mol. The third-order valence-electron chi connectivity index (χ3n) is 2.40. The average Bonchev–Trinajstić information content (AvgIpc) is 2.37. The summed E-state index contributed by atoms with van der Waals surface area (Å²) in [7, 11) is 1.48. The number of nitrogens with zero attached hydrogens (tertiary/aromatic N) is 1. The van der Waals surface area contributed by atoms with Gasteiger partial charge in [-0.25, -0.2) is 8.78 Å². The molecule has 1 aromatic carbocycles. The number of alkyl halides is 3. The Bertz CT molecular complexity index is 444. The Morgan fingerprint density at radius 2 is 2.16 bits per heavy atom. The molecule has 19 heavy (non-hydrogen) atoms. The van der Waals surface area contributed by atoms with Gasteiger partial charge in [0.2, 0.25) is 0 Å². The lowest BCUT2D eigenvalue weighted by molar-refractivity contribution is 0.0571. The van der Waals surface area contributed by atoms with Crippen molar-refractivity contribution in [3.8, 4) is 5.75 Å². The summed E-state index contributed by atoms with van der Waals surface area (Å²) in [6.07, 6.45) is -2.56. The van der Waals surface area contributed by atoms with E-state index >= 15 is 0 Å². The van der Waals surface area contributed by atoms with Gasteiger partial charge >= 0.3 is 0 Å². The Kier molecular flexibility index (Phi) is 6.71. The maximum absolute atomic E-state index is 12.5. The molecule has 1 rings (SSSR count). The van der Waals surface area contributed by atoms with Gasteiger partial charge in [-0.15, -0.1) is 0 Å². The fourth-order valence-electron chi connectivity index (χ4n) is 1.51. The van der Waals surface area contributed by atoms with E-state index in [-0.39, 0.29) is 6.54 Å². The highest BCUT2D eigenvalue weighted by molar-refractivity contribution is 9.10. The number of benzene rings is 1. The van der Waals surface area contributed by atoms with Crippen LogP contribution in [-0.2, 0) is 0 Å². The van der Waals surface area contributed by atoms with Crippen molar-refractivity contribution < 1.29 is 18.3 Å². The van der Waals surface area contributed by atoms with Crippen LogP contribution in [0, 0.1) is 0 Å². The van der Waals surface area contributed by atoms with E-state index in [0.29, 0.717) is 21.1 Å². The molecule has 106 valence electrons. The van der Waals surface area contributed by atoms with Crippen LogP contribution < -0.4 is 4.74 Å². The molecule has 0 saturated heterocycles. The molecular formula is C12H13Br2F2NO2. The van der Waals surface area contributed by atoms with Gasteiger partial charge < -0.3 is 9.64 Å². The number of hydrogen-bond donors (Lipinski definition) is 0. The molecule has 0 heterocycles. The van der Waals surface area contributed by atoms with E-state index in [9.17, 15) is 13.6 Å². The summed E-state index contributed by atoms with van der Waals surface area (Å²) >= 11 is 6.40. The first kappa shape index (κ1) is 16.4. The minimum Gasteiger partial charge on any atom is -0.497 e. The summed E-state index contributed by atoms with van der Waals surface area (Å²) < 4.78 is 30.5. The molecule has 7 heteroatoms. The number of carbonyl (C=O) groups is 1. The molecule has 0 aliphatic heterocycles. The Morgan fingerprint density at radius 1 is 1.47 bits per heavy atom. The summed E-state index contributed by atoms with van der Waals surface area (Å²) in [4.78, 5) is 13.4. The maximum Gasteiger partial charge on any atom is 0.255 e. The van der Waals surface area contributed by atoms with Gasteiger partial charge in [-0.05, 0) is 34.1 Å². The van der Waals surface area contributed by atoms with E-state index in [1.165, 1.54) is 13.2 Å². The molecule has 3 nitrogen and oxygen atoms in total. The molecule has 0 atom stereocenters. The third kappa shape index (κ3) is 4.72. The summed E-state index contributed by atoms with van der Waals surface area (Å²) in [5, 5.41) is 0.438. The minimum atomic E-state index is -2.56. The quantitative estimate of drug-likeness (QED) is 0.683. The van der Waals surface area contributed by atoms with Crippen LogP contribution in [0.4, 0.5) is 8.78 Å². The number of halogens is 4. The summed E-state index contributed by atoms with van der Waals surface area (Å²) in [6.45, 7) is -0.374. The standard InChI is InChI=1S/C12H13Br2F2NO2/c1-19-8-2-3-10(14)9(6-8)12(18)17(5-4-13)7-11(15)16/h2-3,6,11H,4-5,7H2,1H3. The monoisotopic (exact) mass is 399 g/mol. The van der Waals surface area contributed by atoms with Gasteiger partial charge in [0.1, 0.15) is 5.75 Å². The van der Waals surface area contributed by atoms with E-state index in [0.717, 1.165) is 4.90 Å². The molecule has 0 fully saturated rings. The van der Waals surface area contributed by atoms with E-state index in [4.69, 9.17) is 4.74 Å². The van der Waals surface area contributed by atoms with E-state index in [1.54, 1.807) is 12.1 Å². The van der Waals surface area contributed by atoms with Crippen molar-refractivity contribution in [2.75, 3.05) is 25.5 Å². The second-order valence-corrected chi connectivity index (χ2v) is 5.32. The zero-order chi connectivity index (χ0) is 14.4. The van der Waals surface area contributed by atoms with Crippen LogP contribution in [-0.4, -0.2) is 42.8 Å². The van der Waals surface area contributed by atoms with Crippen molar-refractivity contribution in [2.45, 2.75) is 6.43 Å². The lowest BCUT2D eigenvalue weighted by atomic mass is 10.2. The van der Waals surface area contributed by atoms with Crippen molar-refractivity contribution in [2.24, 2.45) is 0 Å². The Balaban J connectivity index is 3.01. The van der Waals surface area contributed by atoms with Crippen molar-refractivity contribution in [3.63, 3.8) is 0 Å². The van der Waals surface area contributed by atoms with E-state index < -0.39 is 18.9 Å². The number of methoxy groups -OCH3 is 1. The number of carbonyl (C=O) groups excluding carboxylic acids is 1. The second-order valence-electron chi connectivity index (χ2n) is 3.68. The highest BCUT2D eigenvalue weighted by Gasteiger charge is 2.21. The van der Waals surface area contributed by atoms with Crippen LogP contribution in [0.3, 0.4) is 0 Å². The van der Waals surface area contributed by atoms with E-state index in [1.807, 2.05) is 0 Å². The fourth-order valence-corrected chi connectivity index (χ4v) is 2.35. The second kappa shape index (κ2) is 7.79. The Morgan fingerprint density at radius 3 is 2.68 bits per heavy atom. The molecule has 0 radical (unpaired) electrons. The van der Waals surface area contributed by atoms with Crippen molar-refractivity contribution in [1.29, 1.82) is 0 Å². The topological polar surface area (TPSA) is 29.5 Å². The highest BCUT2D eigenvalue weighted by atomic mass is 79.9. The van der Waals surface area contributed by atoms with Crippen LogP contribution in [0.2, 0.25) is 0 Å². The number of rotatable bonds is 6. The minimum absolute atomic E-state index is 0.215. The van der Waals surface area contributed by atoms with Crippen LogP contribution in [0.25, 0.3) is 0 Å². The first-order valence-electron chi connectivity index (χ1n) is 5.46. The molecule has 0 saturated carbocycles. The van der Waals surface area contributed by atoms with Gasteiger partial charge in [0.25, 0.3) is 12.3 Å². The number of hydrogen-bond acceptors (Lipinski definition) is 2. The van der Waals surface area contributed by atoms with Crippen molar-refractivity contribution >= 4 is 37.8 Å². The number of ether oxygens (including phenoxy) is 1. The van der Waals surface area contributed by atoms with Crippen LogP contribution in [0.5, 0.6) is 5.75 Å². The van der Waals surface area contributed by atoms with Gasteiger partial charge in [0, 0.05) is 16.3 Å². The SMILES string of the molecule is COc1ccc(Br)c(C(=O)N(CCBr)CC(F)F)c1. The predicted octanol–water partition coefficient (Wildman–Crippen LogP) is 3.56. The van der Waals surface area contributed by atoms with Crippen LogP contribution >= 0.6 is 31.9 Å². The van der Waals surface area contributed by atoms with E-state index in [2.05, 4.69) is 31.9 Å². The van der Waals surface area contributed by atoms with Gasteiger partial charge in [0.15, 0.2) is 0 Å². The first-order chi connectivity index (χ1) is 8.99. The molecule has 0 aliphatic carbocycles. The van der Waals surface area contributed by atoms with Crippen LogP contribution in [0.15, 0.2) is 22.7 Å². The number of amides is 1. The normalized spacial score (nSPS) is 10.6. The zero-order valence-electron chi connectivity index (χ0n) is 10.2. The van der Waals surface area contributed by atoms with Gasteiger partial charge in [0.05, 0.1) is 19.2 Å². The third-order valence-corrected chi connectivity index (χ3v) is 3.45. The Hall–Kier alpha value is -0.690. The molecule has 0 N–H and O–H groups in total. The molecular weight excluding hydrogens is 388 g/mol. The van der Waals surface area contributed by atoms with Gasteiger partial charge in [-0.2, -0.15) is 0 Å². The van der Waals surface area contributed by atoms with Gasteiger partial charge in [-0.1, -0.05) is 15.9 Å². The molecule has 0 aliphatic rings. The summed E-state index contributed by atoms with van der Waals surface area (Å²) in [5.74, 6) is 0.0490. The molecule has 0 unspecified atom stereocenters. The summed E-state index contributed by atoms with van der Waals surface area (Å²) in [5.41, 5.74) is 0.306. The van der Waals surface area contributed by atoms with Crippen LogP contribution in [0.1, 0.15) is 10.4 Å². The van der Waals surface area contributed by atoms with Crippen molar-refractivity contribution in [1.82, 2.24) is 4.90 Å². The summed E-state index contributed by atoms with van der Waals surface area (Å²) in [6, 6.07) is 4.86. The molecule has 1 aromatic rings. The molecule has 0 spiro atoms. The molecule has 0 bridgehead atoms. The van der Waals surface area contributed by atoms with Crippen molar-refractivity contribution in [3.05, 3.63) is 28.2 Å². The predicted molar refractivity (Wildman–Crippen MR) is 76.4 cm³/mol. The first-order valence-corrected chi connectivity index (χ1v) is 7.38.